The lowest BCUT2D eigenvalue weighted by molar-refractivity contribution is 1.31. The largest absolute Gasteiger partial charge is 0.345 e. The van der Waals surface area contributed by atoms with Crippen molar-refractivity contribution in [2.75, 3.05) is 0 Å². The number of aryl methyl sites for hydroxylation is 2. The van der Waals surface area contributed by atoms with Crippen molar-refractivity contribution in [3.05, 3.63) is 66.0 Å². The summed E-state index contributed by atoms with van der Waals surface area (Å²) in [5, 5.41) is 0. The van der Waals surface area contributed by atoms with E-state index in [0.717, 1.165) is 11.4 Å². The Kier molecular flexibility index (Phi) is 2.92. The topological polar surface area (TPSA) is 28.7 Å². The molecule has 0 aliphatic heterocycles. The Morgan fingerprint density at radius 2 is 1.58 bits per heavy atom. The summed E-state index contributed by atoms with van der Waals surface area (Å²) < 4.78 is 0. The summed E-state index contributed by atoms with van der Waals surface area (Å²) in [6.07, 6.45) is 3.64. The van der Waals surface area contributed by atoms with Gasteiger partial charge in [-0.1, -0.05) is 53.6 Å². The number of benzene rings is 2. The molecule has 0 saturated heterocycles. The zero-order valence-electron chi connectivity index (χ0n) is 11.1. The molecule has 0 bridgehead atoms. The van der Waals surface area contributed by atoms with Gasteiger partial charge in [0.25, 0.3) is 0 Å². The van der Waals surface area contributed by atoms with Gasteiger partial charge in [-0.05, 0) is 25.0 Å². The Labute approximate surface area is 113 Å². The van der Waals surface area contributed by atoms with Crippen LogP contribution in [0.3, 0.4) is 0 Å². The summed E-state index contributed by atoms with van der Waals surface area (Å²) in [4.78, 5) is 7.54. The lowest BCUT2D eigenvalue weighted by Gasteiger charge is -2.09. The van der Waals surface area contributed by atoms with Crippen molar-refractivity contribution >= 4 is 0 Å². The molecule has 0 aliphatic rings. The summed E-state index contributed by atoms with van der Waals surface area (Å²) in [5.41, 5.74) is 6.15. The minimum atomic E-state index is 0.912. The minimum Gasteiger partial charge on any atom is -0.345 e. The van der Waals surface area contributed by atoms with Crippen LogP contribution < -0.4 is 0 Å². The predicted octanol–water partition coefficient (Wildman–Crippen LogP) is 4.36. The lowest BCUT2D eigenvalue weighted by atomic mass is 9.96. The molecule has 3 rings (SSSR count). The van der Waals surface area contributed by atoms with E-state index in [2.05, 4.69) is 60.2 Å². The first-order valence-electron chi connectivity index (χ1n) is 6.41. The molecule has 0 unspecified atom stereocenters. The summed E-state index contributed by atoms with van der Waals surface area (Å²) in [7, 11) is 0. The molecule has 2 heteroatoms. The van der Waals surface area contributed by atoms with E-state index in [1.165, 1.54) is 22.3 Å². The van der Waals surface area contributed by atoms with Crippen molar-refractivity contribution < 1.29 is 0 Å². The molecule has 19 heavy (non-hydrogen) atoms. The molecule has 0 saturated carbocycles. The van der Waals surface area contributed by atoms with E-state index in [-0.39, 0.29) is 0 Å². The predicted molar refractivity (Wildman–Crippen MR) is 78.9 cm³/mol. The second kappa shape index (κ2) is 4.73. The van der Waals surface area contributed by atoms with E-state index in [1.54, 1.807) is 6.20 Å². The highest BCUT2D eigenvalue weighted by molar-refractivity contribution is 5.81. The molecule has 94 valence electrons. The summed E-state index contributed by atoms with van der Waals surface area (Å²) in [5.74, 6) is 0.912. The molecule has 0 fully saturated rings. The number of nitrogens with zero attached hydrogens (tertiary/aromatic N) is 1. The van der Waals surface area contributed by atoms with E-state index in [0.29, 0.717) is 0 Å². The monoisotopic (exact) mass is 248 g/mol. The fraction of sp³-hybridized carbons (Fsp3) is 0.118. The van der Waals surface area contributed by atoms with E-state index in [4.69, 9.17) is 0 Å². The Bertz CT molecular complexity index is 677. The highest BCUT2D eigenvalue weighted by atomic mass is 14.9. The van der Waals surface area contributed by atoms with Gasteiger partial charge in [-0.2, -0.15) is 0 Å². The van der Waals surface area contributed by atoms with Crippen molar-refractivity contribution in [2.24, 2.45) is 0 Å². The lowest BCUT2D eigenvalue weighted by Crippen LogP contribution is -1.88. The van der Waals surface area contributed by atoms with Gasteiger partial charge in [-0.25, -0.2) is 4.98 Å². The molecule has 3 aromatic rings. The number of hydrogen-bond acceptors (Lipinski definition) is 1. The van der Waals surface area contributed by atoms with Crippen molar-refractivity contribution in [3.8, 4) is 22.5 Å². The van der Waals surface area contributed by atoms with Crippen LogP contribution in [0, 0.1) is 13.8 Å². The molecule has 1 heterocycles. The summed E-state index contributed by atoms with van der Waals surface area (Å²) >= 11 is 0. The fourth-order valence-electron chi connectivity index (χ4n) is 2.48. The molecule has 1 aromatic heterocycles. The molecule has 0 spiro atoms. The molecule has 2 aromatic carbocycles. The number of aromatic amines is 1. The van der Waals surface area contributed by atoms with Gasteiger partial charge in [-0.15, -0.1) is 0 Å². The maximum atomic E-state index is 4.36. The fourth-order valence-corrected chi connectivity index (χ4v) is 2.48. The molecule has 0 aliphatic carbocycles. The van der Waals surface area contributed by atoms with Crippen molar-refractivity contribution in [2.45, 2.75) is 13.8 Å². The van der Waals surface area contributed by atoms with Crippen LogP contribution in [0.25, 0.3) is 22.5 Å². The SMILES string of the molecule is Cc1cc(C)cc(-c2ccccc2-c2ncc[nH]2)c1. The number of hydrogen-bond donors (Lipinski definition) is 1. The van der Waals surface area contributed by atoms with Crippen LogP contribution in [0.5, 0.6) is 0 Å². The second-order valence-corrected chi connectivity index (χ2v) is 4.86. The van der Waals surface area contributed by atoms with Crippen molar-refractivity contribution in [1.82, 2.24) is 9.97 Å². The highest BCUT2D eigenvalue weighted by Gasteiger charge is 2.09. The van der Waals surface area contributed by atoms with E-state index >= 15 is 0 Å². The van der Waals surface area contributed by atoms with E-state index in [9.17, 15) is 0 Å². The third-order valence-electron chi connectivity index (χ3n) is 3.21. The Morgan fingerprint density at radius 1 is 0.895 bits per heavy atom. The van der Waals surface area contributed by atoms with Gasteiger partial charge in [0.2, 0.25) is 0 Å². The first kappa shape index (κ1) is 11.7. The van der Waals surface area contributed by atoms with Gasteiger partial charge < -0.3 is 4.98 Å². The number of aromatic nitrogens is 2. The maximum absolute atomic E-state index is 4.36. The van der Waals surface area contributed by atoms with Gasteiger partial charge in [0.05, 0.1) is 0 Å². The Morgan fingerprint density at radius 3 is 2.21 bits per heavy atom. The second-order valence-electron chi connectivity index (χ2n) is 4.86. The van der Waals surface area contributed by atoms with Crippen LogP contribution in [-0.4, -0.2) is 9.97 Å². The van der Waals surface area contributed by atoms with Gasteiger partial charge in [0, 0.05) is 18.0 Å². The van der Waals surface area contributed by atoms with Crippen LogP contribution in [0.1, 0.15) is 11.1 Å². The summed E-state index contributed by atoms with van der Waals surface area (Å²) in [6.45, 7) is 4.26. The van der Waals surface area contributed by atoms with Gasteiger partial charge in [-0.3, -0.25) is 0 Å². The smallest absolute Gasteiger partial charge is 0.137 e. The molecule has 0 amide bonds. The van der Waals surface area contributed by atoms with Gasteiger partial charge in [0.1, 0.15) is 5.82 Å². The third kappa shape index (κ3) is 2.29. The number of imidazole rings is 1. The summed E-state index contributed by atoms with van der Waals surface area (Å²) in [6, 6.07) is 15.0. The van der Waals surface area contributed by atoms with Gasteiger partial charge >= 0.3 is 0 Å². The average molecular weight is 248 g/mol. The Hall–Kier alpha value is -2.35. The Balaban J connectivity index is 2.20. The molecular formula is C17H16N2. The molecule has 2 nitrogen and oxygen atoms in total. The van der Waals surface area contributed by atoms with Crippen LogP contribution in [-0.2, 0) is 0 Å². The molecular weight excluding hydrogens is 232 g/mol. The van der Waals surface area contributed by atoms with Crippen LogP contribution in [0.4, 0.5) is 0 Å². The first-order valence-corrected chi connectivity index (χ1v) is 6.41. The van der Waals surface area contributed by atoms with E-state index < -0.39 is 0 Å². The van der Waals surface area contributed by atoms with E-state index in [1.807, 2.05) is 12.3 Å². The van der Waals surface area contributed by atoms with Crippen LogP contribution in [0.2, 0.25) is 0 Å². The number of rotatable bonds is 2. The zero-order valence-corrected chi connectivity index (χ0v) is 11.1. The number of H-pyrrole nitrogens is 1. The van der Waals surface area contributed by atoms with Gasteiger partial charge in [0.15, 0.2) is 0 Å². The first-order chi connectivity index (χ1) is 9.24. The highest BCUT2D eigenvalue weighted by Crippen LogP contribution is 2.31. The number of nitrogens with one attached hydrogen (secondary N) is 1. The molecule has 1 N–H and O–H groups in total. The van der Waals surface area contributed by atoms with Crippen LogP contribution in [0.15, 0.2) is 54.9 Å². The van der Waals surface area contributed by atoms with Crippen molar-refractivity contribution in [1.29, 1.82) is 0 Å². The average Bonchev–Trinajstić information content (AvgIpc) is 2.91. The third-order valence-corrected chi connectivity index (χ3v) is 3.21. The van der Waals surface area contributed by atoms with Crippen LogP contribution >= 0.6 is 0 Å². The molecule has 0 atom stereocenters. The maximum Gasteiger partial charge on any atom is 0.137 e. The standard InChI is InChI=1S/C17H16N2/c1-12-9-13(2)11-14(10-12)15-5-3-4-6-16(15)17-18-7-8-19-17/h3-11H,1-2H3,(H,18,19). The van der Waals surface area contributed by atoms with Crippen molar-refractivity contribution in [3.63, 3.8) is 0 Å². The normalized spacial score (nSPS) is 10.6. The zero-order chi connectivity index (χ0) is 13.2. The minimum absolute atomic E-state index is 0.912. The quantitative estimate of drug-likeness (QED) is 0.717. The molecule has 0 radical (unpaired) electrons.